The molecular weight excluding hydrogens is 208 g/mol. The molecule has 1 amide bonds. The number of amides is 1. The predicted octanol–water partition coefficient (Wildman–Crippen LogP) is -0.0330. The molecule has 16 heavy (non-hydrogen) atoms. The molecule has 3 N–H and O–H groups in total. The summed E-state index contributed by atoms with van der Waals surface area (Å²) < 4.78 is 0. The van der Waals surface area contributed by atoms with E-state index in [1.165, 1.54) is 0 Å². The number of nitrogens with one attached hydrogen (secondary N) is 2. The summed E-state index contributed by atoms with van der Waals surface area (Å²) in [5, 5.41) is 14.5. The summed E-state index contributed by atoms with van der Waals surface area (Å²) >= 11 is 0. The average molecular weight is 226 g/mol. The molecule has 1 heterocycles. The molecule has 2 aliphatic rings. The van der Waals surface area contributed by atoms with E-state index in [1.54, 1.807) is 0 Å². The average Bonchev–Trinajstić information content (AvgIpc) is 2.92. The summed E-state index contributed by atoms with van der Waals surface area (Å²) in [6.45, 7) is 2.25. The number of carboxylic acid groups (broad SMARTS) is 1. The summed E-state index contributed by atoms with van der Waals surface area (Å²) in [5.41, 5.74) is 0.235. The summed E-state index contributed by atoms with van der Waals surface area (Å²) in [6.07, 6.45) is 3.13. The fourth-order valence-corrected chi connectivity index (χ4v) is 2.61. The molecule has 1 unspecified atom stereocenters. The van der Waals surface area contributed by atoms with Gasteiger partial charge in [-0.2, -0.15) is 0 Å². The van der Waals surface area contributed by atoms with E-state index in [9.17, 15) is 9.59 Å². The maximum absolute atomic E-state index is 11.7. The zero-order valence-electron chi connectivity index (χ0n) is 9.29. The van der Waals surface area contributed by atoms with E-state index >= 15 is 0 Å². The van der Waals surface area contributed by atoms with E-state index in [-0.39, 0.29) is 30.2 Å². The van der Waals surface area contributed by atoms with Crippen molar-refractivity contribution < 1.29 is 14.7 Å². The Morgan fingerprint density at radius 1 is 1.38 bits per heavy atom. The van der Waals surface area contributed by atoms with E-state index in [0.717, 1.165) is 32.4 Å². The number of aliphatic carboxylic acids is 1. The zero-order valence-corrected chi connectivity index (χ0v) is 9.29. The Balaban J connectivity index is 1.73. The van der Waals surface area contributed by atoms with Crippen molar-refractivity contribution in [3.63, 3.8) is 0 Å². The van der Waals surface area contributed by atoms with E-state index in [0.29, 0.717) is 0 Å². The first kappa shape index (κ1) is 11.4. The second-order valence-electron chi connectivity index (χ2n) is 4.80. The number of carbonyl (C=O) groups excluding carboxylic acids is 1. The number of carbonyl (C=O) groups is 2. The number of hydrogen-bond donors (Lipinski definition) is 3. The van der Waals surface area contributed by atoms with E-state index in [1.807, 2.05) is 0 Å². The molecule has 0 radical (unpaired) electrons. The van der Waals surface area contributed by atoms with Crippen LogP contribution in [-0.2, 0) is 9.59 Å². The van der Waals surface area contributed by atoms with Crippen LogP contribution in [0.2, 0.25) is 0 Å². The molecular formula is C11H18N2O3. The van der Waals surface area contributed by atoms with Gasteiger partial charge in [0.05, 0.1) is 6.42 Å². The number of rotatable bonds is 4. The van der Waals surface area contributed by atoms with Crippen LogP contribution in [0.5, 0.6) is 0 Å². The highest BCUT2D eigenvalue weighted by molar-refractivity contribution is 5.83. The van der Waals surface area contributed by atoms with Crippen LogP contribution < -0.4 is 10.6 Å². The third-order valence-corrected chi connectivity index (χ3v) is 3.74. The highest BCUT2D eigenvalue weighted by Crippen LogP contribution is 2.58. The van der Waals surface area contributed by atoms with Crippen molar-refractivity contribution in [1.29, 1.82) is 0 Å². The van der Waals surface area contributed by atoms with Gasteiger partial charge in [-0.25, -0.2) is 0 Å². The van der Waals surface area contributed by atoms with Gasteiger partial charge >= 0.3 is 5.97 Å². The smallest absolute Gasteiger partial charge is 0.305 e. The molecule has 0 aromatic carbocycles. The lowest BCUT2D eigenvalue weighted by atomic mass is 9.92. The van der Waals surface area contributed by atoms with Crippen molar-refractivity contribution in [2.45, 2.75) is 25.7 Å². The Kier molecular flexibility index (Phi) is 3.14. The molecule has 1 atom stereocenters. The minimum Gasteiger partial charge on any atom is -0.481 e. The molecule has 2 rings (SSSR count). The molecule has 1 saturated carbocycles. The first-order chi connectivity index (χ1) is 7.64. The van der Waals surface area contributed by atoms with Crippen LogP contribution in [0.1, 0.15) is 25.7 Å². The molecule has 5 nitrogen and oxygen atoms in total. The quantitative estimate of drug-likeness (QED) is 0.629. The summed E-state index contributed by atoms with van der Waals surface area (Å²) in [4.78, 5) is 22.0. The van der Waals surface area contributed by atoms with Crippen molar-refractivity contribution in [1.82, 2.24) is 10.6 Å². The van der Waals surface area contributed by atoms with Gasteiger partial charge in [-0.3, -0.25) is 9.59 Å². The maximum Gasteiger partial charge on any atom is 0.305 e. The van der Waals surface area contributed by atoms with Gasteiger partial charge in [0.2, 0.25) is 5.91 Å². The van der Waals surface area contributed by atoms with Crippen LogP contribution in [0.4, 0.5) is 0 Å². The van der Waals surface area contributed by atoms with Crippen molar-refractivity contribution in [3.8, 4) is 0 Å². The molecule has 90 valence electrons. The number of carboxylic acids is 1. The Morgan fingerprint density at radius 3 is 2.69 bits per heavy atom. The van der Waals surface area contributed by atoms with Gasteiger partial charge in [0.25, 0.3) is 0 Å². The van der Waals surface area contributed by atoms with E-state index < -0.39 is 5.97 Å². The third-order valence-electron chi connectivity index (χ3n) is 3.74. The van der Waals surface area contributed by atoms with Gasteiger partial charge < -0.3 is 15.7 Å². The van der Waals surface area contributed by atoms with E-state index in [4.69, 9.17) is 5.11 Å². The molecule has 1 aliphatic carbocycles. The van der Waals surface area contributed by atoms with Gasteiger partial charge in [-0.1, -0.05) is 0 Å². The molecule has 1 spiro atoms. The van der Waals surface area contributed by atoms with Crippen LogP contribution in [0.3, 0.4) is 0 Å². The van der Waals surface area contributed by atoms with Gasteiger partial charge in [-0.15, -0.1) is 0 Å². The number of piperidine rings is 1. The first-order valence-corrected chi connectivity index (χ1v) is 5.84. The largest absolute Gasteiger partial charge is 0.481 e. The van der Waals surface area contributed by atoms with Crippen LogP contribution in [0.15, 0.2) is 0 Å². The minimum atomic E-state index is -0.868. The second kappa shape index (κ2) is 4.41. The van der Waals surface area contributed by atoms with Crippen molar-refractivity contribution in [2.75, 3.05) is 19.6 Å². The van der Waals surface area contributed by atoms with Gasteiger partial charge in [-0.05, 0) is 37.8 Å². The van der Waals surface area contributed by atoms with Crippen LogP contribution >= 0.6 is 0 Å². The van der Waals surface area contributed by atoms with Crippen molar-refractivity contribution in [3.05, 3.63) is 0 Å². The minimum absolute atomic E-state index is 0.00696. The fourth-order valence-electron chi connectivity index (χ4n) is 2.61. The maximum atomic E-state index is 11.7. The van der Waals surface area contributed by atoms with Crippen LogP contribution in [-0.4, -0.2) is 36.6 Å². The lowest BCUT2D eigenvalue weighted by Crippen LogP contribution is -2.34. The SMILES string of the molecule is O=C(O)CCNC(=O)C1CC12CCNCC2. The predicted molar refractivity (Wildman–Crippen MR) is 57.9 cm³/mol. The third kappa shape index (κ3) is 2.35. The van der Waals surface area contributed by atoms with Crippen molar-refractivity contribution >= 4 is 11.9 Å². The Bertz CT molecular complexity index is 298. The summed E-state index contributed by atoms with van der Waals surface area (Å²) in [5.74, 6) is -0.695. The summed E-state index contributed by atoms with van der Waals surface area (Å²) in [6, 6.07) is 0. The standard InChI is InChI=1S/C11H18N2O3/c14-9(15)1-4-13-10(16)8-7-11(8)2-5-12-6-3-11/h8,12H,1-7H2,(H,13,16)(H,14,15). The van der Waals surface area contributed by atoms with Crippen LogP contribution in [0.25, 0.3) is 0 Å². The van der Waals surface area contributed by atoms with Crippen LogP contribution in [0, 0.1) is 11.3 Å². The van der Waals surface area contributed by atoms with Crippen molar-refractivity contribution in [2.24, 2.45) is 11.3 Å². The Labute approximate surface area is 94.6 Å². The topological polar surface area (TPSA) is 78.4 Å². The zero-order chi connectivity index (χ0) is 11.6. The van der Waals surface area contributed by atoms with Gasteiger partial charge in [0, 0.05) is 12.5 Å². The highest BCUT2D eigenvalue weighted by atomic mass is 16.4. The summed E-state index contributed by atoms with van der Waals surface area (Å²) in [7, 11) is 0. The molecule has 2 fully saturated rings. The monoisotopic (exact) mass is 226 g/mol. The second-order valence-corrected chi connectivity index (χ2v) is 4.80. The van der Waals surface area contributed by atoms with E-state index in [2.05, 4.69) is 10.6 Å². The number of hydrogen-bond acceptors (Lipinski definition) is 3. The molecule has 0 bridgehead atoms. The normalized spacial score (nSPS) is 26.4. The molecule has 1 saturated heterocycles. The van der Waals surface area contributed by atoms with Gasteiger partial charge in [0.15, 0.2) is 0 Å². The highest BCUT2D eigenvalue weighted by Gasteiger charge is 2.57. The molecule has 5 heteroatoms. The Morgan fingerprint density at radius 2 is 2.06 bits per heavy atom. The lowest BCUT2D eigenvalue weighted by Gasteiger charge is -2.23. The molecule has 1 aliphatic heterocycles. The lowest BCUT2D eigenvalue weighted by molar-refractivity contribution is -0.136. The fraction of sp³-hybridized carbons (Fsp3) is 0.818. The molecule has 0 aromatic heterocycles. The Hall–Kier alpha value is -1.10. The first-order valence-electron chi connectivity index (χ1n) is 5.84. The molecule has 0 aromatic rings. The van der Waals surface area contributed by atoms with Gasteiger partial charge in [0.1, 0.15) is 0 Å².